The van der Waals surface area contributed by atoms with Gasteiger partial charge < -0.3 is 0 Å². The van der Waals surface area contributed by atoms with Gasteiger partial charge in [-0.25, -0.2) is 4.98 Å². The van der Waals surface area contributed by atoms with E-state index in [1.165, 1.54) is 70.1 Å². The molecule has 276 valence electrons. The summed E-state index contributed by atoms with van der Waals surface area (Å²) in [5, 5.41) is 14.4. The van der Waals surface area contributed by atoms with Crippen molar-refractivity contribution in [3.63, 3.8) is 0 Å². The standard InChI is InChI=1S/C54H34N3PS/c59-58(45-14-2-1-3-15-45,46-22-18-35-9-4-5-10-36(35)28-46)47-23-19-40-27-39(16-17-41(40)29-47)42-21-25-52-49(31-42)48-30-37-11-6-7-12-38(37)32-50(48)54-56-51-24-20-43(33-53(51)57(52)54)44-13-8-26-55-34-44/h1-34H. The van der Waals surface area contributed by atoms with Gasteiger partial charge in [0.2, 0.25) is 0 Å². The molecule has 0 aliphatic rings. The third-order valence-corrected chi connectivity index (χ3v) is 17.0. The molecular weight excluding hydrogens is 754 g/mol. The Morgan fingerprint density at radius 1 is 0.390 bits per heavy atom. The molecule has 3 nitrogen and oxygen atoms in total. The molecule has 0 N–H and O–H groups in total. The molecule has 0 aliphatic carbocycles. The number of hydrogen-bond acceptors (Lipinski definition) is 3. The number of pyridine rings is 2. The van der Waals surface area contributed by atoms with Crippen LogP contribution in [0.5, 0.6) is 0 Å². The first-order chi connectivity index (χ1) is 29.1. The van der Waals surface area contributed by atoms with Crippen molar-refractivity contribution in [2.24, 2.45) is 0 Å². The largest absolute Gasteiger partial charge is 0.292 e. The lowest BCUT2D eigenvalue weighted by Crippen LogP contribution is -2.24. The van der Waals surface area contributed by atoms with E-state index in [-0.39, 0.29) is 0 Å². The minimum absolute atomic E-state index is 0.964. The summed E-state index contributed by atoms with van der Waals surface area (Å²) in [5.41, 5.74) is 8.68. The molecule has 0 spiro atoms. The van der Waals surface area contributed by atoms with Gasteiger partial charge in [0.25, 0.3) is 0 Å². The minimum atomic E-state index is -2.35. The fraction of sp³-hybridized carbons (Fsp3) is 0. The highest BCUT2D eigenvalue weighted by Gasteiger charge is 2.26. The summed E-state index contributed by atoms with van der Waals surface area (Å²) in [5.74, 6) is 0. The molecule has 12 rings (SSSR count). The Morgan fingerprint density at radius 3 is 1.75 bits per heavy atom. The summed E-state index contributed by atoms with van der Waals surface area (Å²) in [6.07, 6.45) is 3.74. The Labute approximate surface area is 345 Å². The van der Waals surface area contributed by atoms with Gasteiger partial charge in [-0.15, -0.1) is 0 Å². The van der Waals surface area contributed by atoms with Crippen LogP contribution in [-0.2, 0) is 11.8 Å². The van der Waals surface area contributed by atoms with Gasteiger partial charge in [0.05, 0.1) is 16.6 Å². The maximum atomic E-state index is 6.83. The quantitative estimate of drug-likeness (QED) is 0.0989. The van der Waals surface area contributed by atoms with E-state index in [4.69, 9.17) is 16.8 Å². The number of benzene rings is 9. The van der Waals surface area contributed by atoms with Crippen molar-refractivity contribution >= 4 is 104 Å². The number of rotatable bonds is 5. The Hall–Kier alpha value is -6.97. The molecule has 3 aromatic heterocycles. The van der Waals surface area contributed by atoms with Crippen molar-refractivity contribution in [1.82, 2.24) is 14.4 Å². The number of hydrogen-bond donors (Lipinski definition) is 0. The molecular formula is C54H34N3PS. The highest BCUT2D eigenvalue weighted by atomic mass is 32.4. The van der Waals surface area contributed by atoms with Crippen LogP contribution in [0.15, 0.2) is 207 Å². The van der Waals surface area contributed by atoms with E-state index >= 15 is 0 Å². The van der Waals surface area contributed by atoms with E-state index in [1.807, 2.05) is 18.5 Å². The first-order valence-corrected chi connectivity index (χ1v) is 22.7. The molecule has 0 bridgehead atoms. The lowest BCUT2D eigenvalue weighted by Gasteiger charge is -2.25. The Morgan fingerprint density at radius 2 is 0.983 bits per heavy atom. The number of imidazole rings is 1. The van der Waals surface area contributed by atoms with E-state index in [2.05, 4.69) is 197 Å². The summed E-state index contributed by atoms with van der Waals surface area (Å²) in [6, 6.07) is 68.2. The van der Waals surface area contributed by atoms with E-state index in [1.54, 1.807) is 0 Å². The molecule has 1 unspecified atom stereocenters. The summed E-state index contributed by atoms with van der Waals surface area (Å²) >= 11 is 6.83. The van der Waals surface area contributed by atoms with Crippen LogP contribution in [0, 0.1) is 0 Å². The molecule has 0 radical (unpaired) electrons. The fourth-order valence-corrected chi connectivity index (χ4v) is 12.8. The van der Waals surface area contributed by atoms with E-state index in [0.29, 0.717) is 0 Å². The van der Waals surface area contributed by atoms with Crippen molar-refractivity contribution < 1.29 is 0 Å². The van der Waals surface area contributed by atoms with Gasteiger partial charge >= 0.3 is 0 Å². The third-order valence-electron chi connectivity index (χ3n) is 12.0. The van der Waals surface area contributed by atoms with Gasteiger partial charge in [0, 0.05) is 34.8 Å². The van der Waals surface area contributed by atoms with Gasteiger partial charge in [-0.1, -0.05) is 145 Å². The molecule has 9 aromatic carbocycles. The average Bonchev–Trinajstić information content (AvgIpc) is 3.70. The molecule has 0 saturated carbocycles. The molecule has 0 saturated heterocycles. The van der Waals surface area contributed by atoms with Gasteiger partial charge in [-0.2, -0.15) is 0 Å². The first-order valence-electron chi connectivity index (χ1n) is 19.9. The number of aromatic nitrogens is 3. The van der Waals surface area contributed by atoms with Gasteiger partial charge in [0.15, 0.2) is 0 Å². The molecule has 0 aliphatic heterocycles. The zero-order valence-corrected chi connectivity index (χ0v) is 33.5. The maximum absolute atomic E-state index is 6.83. The molecule has 0 amide bonds. The van der Waals surface area contributed by atoms with Gasteiger partial charge in [-0.05, 0) is 131 Å². The van der Waals surface area contributed by atoms with Crippen LogP contribution in [0.3, 0.4) is 0 Å². The van der Waals surface area contributed by atoms with Crippen molar-refractivity contribution in [3.8, 4) is 22.3 Å². The lowest BCUT2D eigenvalue weighted by atomic mass is 9.96. The van der Waals surface area contributed by atoms with Crippen LogP contribution in [0.4, 0.5) is 0 Å². The van der Waals surface area contributed by atoms with E-state index in [0.717, 1.165) is 38.7 Å². The normalized spacial score (nSPS) is 12.9. The smallest absolute Gasteiger partial charge is 0.146 e. The third kappa shape index (κ3) is 5.45. The number of nitrogens with zero attached hydrogens (tertiary/aromatic N) is 3. The summed E-state index contributed by atoms with van der Waals surface area (Å²) in [6.45, 7) is 0. The van der Waals surface area contributed by atoms with Crippen LogP contribution in [0.1, 0.15) is 0 Å². The summed E-state index contributed by atoms with van der Waals surface area (Å²) in [7, 11) is 0. The maximum Gasteiger partial charge on any atom is 0.146 e. The second-order valence-corrected chi connectivity index (χ2v) is 19.8. The lowest BCUT2D eigenvalue weighted by molar-refractivity contribution is 1.31. The SMILES string of the molecule is S=P(c1ccccc1)(c1ccc2ccccc2c1)c1ccc2cc(-c3ccc4c(c3)c3cc5ccccc5cc3c3nc5ccc(-c6cccnc6)cc5n43)ccc2c1. The van der Waals surface area contributed by atoms with Crippen LogP contribution in [-0.4, -0.2) is 14.4 Å². The monoisotopic (exact) mass is 787 g/mol. The Kier molecular flexibility index (Phi) is 7.68. The van der Waals surface area contributed by atoms with Crippen molar-refractivity contribution in [1.29, 1.82) is 0 Å². The molecule has 3 heterocycles. The zero-order chi connectivity index (χ0) is 39.1. The van der Waals surface area contributed by atoms with Crippen molar-refractivity contribution in [2.75, 3.05) is 0 Å². The van der Waals surface area contributed by atoms with E-state index in [9.17, 15) is 0 Å². The first kappa shape index (κ1) is 34.1. The van der Waals surface area contributed by atoms with Gasteiger partial charge in [0.1, 0.15) is 5.65 Å². The molecule has 12 aromatic rings. The minimum Gasteiger partial charge on any atom is -0.292 e. The second-order valence-electron chi connectivity index (χ2n) is 15.4. The topological polar surface area (TPSA) is 30.2 Å². The van der Waals surface area contributed by atoms with Gasteiger partial charge in [-0.3, -0.25) is 9.38 Å². The molecule has 1 atom stereocenters. The fourth-order valence-electron chi connectivity index (χ4n) is 9.05. The zero-order valence-electron chi connectivity index (χ0n) is 31.8. The van der Waals surface area contributed by atoms with Crippen molar-refractivity contribution in [2.45, 2.75) is 0 Å². The second kappa shape index (κ2) is 13.3. The molecule has 0 fully saturated rings. The molecule has 59 heavy (non-hydrogen) atoms. The Balaban J connectivity index is 1.03. The molecule has 5 heteroatoms. The highest BCUT2D eigenvalue weighted by Crippen LogP contribution is 2.44. The Bertz CT molecular complexity index is 3710. The highest BCUT2D eigenvalue weighted by molar-refractivity contribution is 8.25. The van der Waals surface area contributed by atoms with Crippen LogP contribution < -0.4 is 15.9 Å². The average molecular weight is 788 g/mol. The van der Waals surface area contributed by atoms with Crippen molar-refractivity contribution in [3.05, 3.63) is 207 Å². The predicted molar refractivity (Wildman–Crippen MR) is 255 cm³/mol. The summed E-state index contributed by atoms with van der Waals surface area (Å²) < 4.78 is 2.35. The van der Waals surface area contributed by atoms with Crippen LogP contribution in [0.25, 0.3) is 92.9 Å². The number of fused-ring (bicyclic) bond motifs is 11. The summed E-state index contributed by atoms with van der Waals surface area (Å²) in [4.78, 5) is 9.66. The van der Waals surface area contributed by atoms with Crippen LogP contribution >= 0.6 is 6.04 Å². The van der Waals surface area contributed by atoms with E-state index < -0.39 is 6.04 Å². The van der Waals surface area contributed by atoms with Crippen LogP contribution in [0.2, 0.25) is 0 Å². The predicted octanol–water partition coefficient (Wildman–Crippen LogP) is 12.7.